The molecule has 0 radical (unpaired) electrons. The fraction of sp³-hybridized carbons (Fsp3) is 0.667. The lowest BCUT2D eigenvalue weighted by atomic mass is 10.2. The second kappa shape index (κ2) is 11.6. The van der Waals surface area contributed by atoms with Crippen LogP contribution in [0.3, 0.4) is 0 Å². The second-order valence-electron chi connectivity index (χ2n) is 6.03. The summed E-state index contributed by atoms with van der Waals surface area (Å²) in [6.45, 7) is 5.24. The highest BCUT2D eigenvalue weighted by atomic mass is 32.2. The number of thioether (sulfide) groups is 1. The molecule has 0 aliphatic carbocycles. The van der Waals surface area contributed by atoms with Crippen molar-refractivity contribution in [2.45, 2.75) is 12.6 Å². The average Bonchev–Trinajstić information content (AvgIpc) is 2.64. The van der Waals surface area contributed by atoms with Crippen LogP contribution in [-0.2, 0) is 11.3 Å². The second-order valence-corrected chi connectivity index (χ2v) is 7.26. The lowest BCUT2D eigenvalue weighted by Crippen LogP contribution is -2.40. The molecule has 1 aromatic carbocycles. The topological polar surface area (TPSA) is 63.2 Å². The van der Waals surface area contributed by atoms with Gasteiger partial charge in [0.15, 0.2) is 11.5 Å². The first-order valence-electron chi connectivity index (χ1n) is 8.70. The van der Waals surface area contributed by atoms with Crippen LogP contribution in [0, 0.1) is 0 Å². The maximum atomic E-state index is 10.2. The van der Waals surface area contributed by atoms with Crippen molar-refractivity contribution in [1.29, 1.82) is 0 Å². The molecule has 25 heavy (non-hydrogen) atoms. The normalized spacial score (nSPS) is 16.6. The number of nitrogens with zero attached hydrogens (tertiary/aromatic N) is 1. The first-order valence-corrected chi connectivity index (χ1v) is 9.86. The molecule has 6 nitrogen and oxygen atoms in total. The van der Waals surface area contributed by atoms with E-state index in [0.717, 1.165) is 43.2 Å². The number of aliphatic hydroxyl groups excluding tert-OH is 1. The quantitative estimate of drug-likeness (QED) is 0.568. The van der Waals surface area contributed by atoms with Crippen LogP contribution in [0.1, 0.15) is 5.56 Å². The van der Waals surface area contributed by atoms with Gasteiger partial charge in [-0.15, -0.1) is 0 Å². The molecular formula is C18H30N2O4S. The SMILES string of the molecule is COCCNCc1ccc(OC[C@H](O)CN2CCSCC2)c(OC)c1. The Morgan fingerprint density at radius 2 is 2.04 bits per heavy atom. The van der Waals surface area contributed by atoms with Gasteiger partial charge in [0, 0.05) is 51.3 Å². The van der Waals surface area contributed by atoms with Crippen molar-refractivity contribution < 1.29 is 19.3 Å². The average molecular weight is 371 g/mol. The summed E-state index contributed by atoms with van der Waals surface area (Å²) in [5, 5.41) is 13.5. The number of methoxy groups -OCH3 is 2. The van der Waals surface area contributed by atoms with E-state index in [2.05, 4.69) is 10.2 Å². The van der Waals surface area contributed by atoms with Crippen molar-refractivity contribution in [1.82, 2.24) is 10.2 Å². The first-order chi connectivity index (χ1) is 12.2. The van der Waals surface area contributed by atoms with Crippen molar-refractivity contribution in [2.75, 3.05) is 65.1 Å². The highest BCUT2D eigenvalue weighted by Crippen LogP contribution is 2.28. The summed E-state index contributed by atoms with van der Waals surface area (Å²) in [5.41, 5.74) is 1.12. The number of benzene rings is 1. The summed E-state index contributed by atoms with van der Waals surface area (Å²) in [4.78, 5) is 2.29. The highest BCUT2D eigenvalue weighted by Gasteiger charge is 2.16. The molecule has 1 fully saturated rings. The van der Waals surface area contributed by atoms with Crippen LogP contribution in [0.5, 0.6) is 11.5 Å². The Morgan fingerprint density at radius 3 is 2.76 bits per heavy atom. The van der Waals surface area contributed by atoms with E-state index in [1.165, 1.54) is 0 Å². The fourth-order valence-corrected chi connectivity index (χ4v) is 3.65. The summed E-state index contributed by atoms with van der Waals surface area (Å²) in [6.07, 6.45) is -0.497. The Bertz CT molecular complexity index is 498. The molecule has 0 amide bonds. The zero-order chi connectivity index (χ0) is 17.9. The van der Waals surface area contributed by atoms with Crippen molar-refractivity contribution in [2.24, 2.45) is 0 Å². The summed E-state index contributed by atoms with van der Waals surface area (Å²) in [6, 6.07) is 5.87. The molecule has 142 valence electrons. The van der Waals surface area contributed by atoms with Gasteiger partial charge in [0.2, 0.25) is 0 Å². The number of aliphatic hydroxyl groups is 1. The molecule has 0 bridgehead atoms. The minimum absolute atomic E-state index is 0.269. The minimum atomic E-state index is -0.497. The number of β-amino-alcohol motifs (C(OH)–C–C–N with tert-alkyl or cyclic N) is 1. The van der Waals surface area contributed by atoms with Crippen molar-refractivity contribution in [3.8, 4) is 11.5 Å². The lowest BCUT2D eigenvalue weighted by molar-refractivity contribution is 0.0705. The van der Waals surface area contributed by atoms with E-state index in [-0.39, 0.29) is 6.61 Å². The number of rotatable bonds is 11. The van der Waals surface area contributed by atoms with E-state index in [0.29, 0.717) is 24.7 Å². The van der Waals surface area contributed by atoms with Crippen molar-refractivity contribution in [3.05, 3.63) is 23.8 Å². The molecule has 7 heteroatoms. The molecule has 1 saturated heterocycles. The van der Waals surface area contributed by atoms with Gasteiger partial charge in [-0.1, -0.05) is 6.07 Å². The van der Waals surface area contributed by atoms with Crippen molar-refractivity contribution in [3.63, 3.8) is 0 Å². The summed E-state index contributed by atoms with van der Waals surface area (Å²) >= 11 is 1.97. The van der Waals surface area contributed by atoms with Gasteiger partial charge < -0.3 is 24.6 Å². The van der Waals surface area contributed by atoms with Gasteiger partial charge in [0.1, 0.15) is 12.7 Å². The molecule has 2 rings (SSSR count). The van der Waals surface area contributed by atoms with Crippen LogP contribution >= 0.6 is 11.8 Å². The van der Waals surface area contributed by atoms with E-state index >= 15 is 0 Å². The van der Waals surface area contributed by atoms with Gasteiger partial charge in [-0.25, -0.2) is 0 Å². The number of ether oxygens (including phenoxy) is 3. The molecule has 0 aromatic heterocycles. The van der Waals surface area contributed by atoms with Crippen LogP contribution in [-0.4, -0.2) is 81.2 Å². The Morgan fingerprint density at radius 1 is 1.24 bits per heavy atom. The molecule has 2 N–H and O–H groups in total. The molecule has 0 unspecified atom stereocenters. The largest absolute Gasteiger partial charge is 0.493 e. The zero-order valence-corrected chi connectivity index (χ0v) is 16.0. The van der Waals surface area contributed by atoms with Gasteiger partial charge in [-0.2, -0.15) is 11.8 Å². The van der Waals surface area contributed by atoms with E-state index < -0.39 is 6.10 Å². The number of hydrogen-bond donors (Lipinski definition) is 2. The maximum Gasteiger partial charge on any atom is 0.161 e. The Hall–Kier alpha value is -0.990. The molecule has 1 aliphatic rings. The minimum Gasteiger partial charge on any atom is -0.493 e. The third-order valence-electron chi connectivity index (χ3n) is 4.04. The van der Waals surface area contributed by atoms with Gasteiger partial charge >= 0.3 is 0 Å². The van der Waals surface area contributed by atoms with E-state index in [1.54, 1.807) is 14.2 Å². The molecule has 0 spiro atoms. The summed E-state index contributed by atoms with van der Waals surface area (Å²) < 4.78 is 16.2. The monoisotopic (exact) mass is 370 g/mol. The lowest BCUT2D eigenvalue weighted by Gasteiger charge is -2.28. The molecule has 1 heterocycles. The Balaban J connectivity index is 1.79. The third-order valence-corrected chi connectivity index (χ3v) is 4.99. The summed E-state index contributed by atoms with van der Waals surface area (Å²) in [5.74, 6) is 3.63. The standard InChI is InChI=1S/C18H30N2O4S/c1-22-8-5-19-12-15-3-4-17(18(11-15)23-2)24-14-16(21)13-20-6-9-25-10-7-20/h3-4,11,16,19,21H,5-10,12-14H2,1-2H3/t16-/m1/s1. The van der Waals surface area contributed by atoms with Crippen LogP contribution in [0.4, 0.5) is 0 Å². The molecular weight excluding hydrogens is 340 g/mol. The predicted molar refractivity (Wildman–Crippen MR) is 102 cm³/mol. The van der Waals surface area contributed by atoms with E-state index in [1.807, 2.05) is 30.0 Å². The number of hydrogen-bond acceptors (Lipinski definition) is 7. The van der Waals surface area contributed by atoms with Gasteiger partial charge in [-0.3, -0.25) is 4.90 Å². The van der Waals surface area contributed by atoms with Crippen molar-refractivity contribution >= 4 is 11.8 Å². The first kappa shape index (κ1) is 20.3. The zero-order valence-electron chi connectivity index (χ0n) is 15.2. The van der Waals surface area contributed by atoms with E-state index in [9.17, 15) is 5.11 Å². The van der Waals surface area contributed by atoms with Gasteiger partial charge in [-0.05, 0) is 17.7 Å². The maximum absolute atomic E-state index is 10.2. The molecule has 1 atom stereocenters. The predicted octanol–water partition coefficient (Wildman–Crippen LogP) is 1.22. The number of nitrogens with one attached hydrogen (secondary N) is 1. The molecule has 0 saturated carbocycles. The van der Waals surface area contributed by atoms with Crippen LogP contribution in [0.25, 0.3) is 0 Å². The third kappa shape index (κ3) is 7.42. The van der Waals surface area contributed by atoms with Crippen LogP contribution in [0.2, 0.25) is 0 Å². The highest BCUT2D eigenvalue weighted by molar-refractivity contribution is 7.99. The molecule has 1 aromatic rings. The van der Waals surface area contributed by atoms with Crippen LogP contribution in [0.15, 0.2) is 18.2 Å². The fourth-order valence-electron chi connectivity index (χ4n) is 2.67. The Labute approximate surface area is 154 Å². The molecule has 1 aliphatic heterocycles. The van der Waals surface area contributed by atoms with Crippen LogP contribution < -0.4 is 14.8 Å². The smallest absolute Gasteiger partial charge is 0.161 e. The Kier molecular flexibility index (Phi) is 9.42. The van der Waals surface area contributed by atoms with Gasteiger partial charge in [0.25, 0.3) is 0 Å². The summed E-state index contributed by atoms with van der Waals surface area (Å²) in [7, 11) is 3.32. The van der Waals surface area contributed by atoms with E-state index in [4.69, 9.17) is 14.2 Å². The van der Waals surface area contributed by atoms with Gasteiger partial charge in [0.05, 0.1) is 13.7 Å².